The topological polar surface area (TPSA) is 50.1 Å². The molecule has 1 heterocycles. The zero-order chi connectivity index (χ0) is 14.1. The molecule has 2 aromatic carbocycles. The number of fused-ring (bicyclic) bond motifs is 1. The summed E-state index contributed by atoms with van der Waals surface area (Å²) in [4.78, 5) is 5.36. The average molecular weight is 306 g/mol. The van der Waals surface area contributed by atoms with E-state index >= 15 is 0 Å². The first-order chi connectivity index (χ1) is 9.69. The van der Waals surface area contributed by atoms with Gasteiger partial charge in [-0.3, -0.25) is 14.7 Å². The maximum Gasteiger partial charge on any atom is 0.117 e. The molecular weight excluding hydrogens is 294 g/mol. The molecule has 102 valence electrons. The number of nitrogens with zero attached hydrogens (tertiary/aromatic N) is 2. The Kier molecular flexibility index (Phi) is 3.56. The van der Waals surface area contributed by atoms with Gasteiger partial charge >= 0.3 is 0 Å². The van der Waals surface area contributed by atoms with Crippen LogP contribution in [0.5, 0.6) is 0 Å². The largest absolute Gasteiger partial charge is 0.291 e. The van der Waals surface area contributed by atoms with Crippen LogP contribution in [0.15, 0.2) is 47.4 Å². The summed E-state index contributed by atoms with van der Waals surface area (Å²) >= 11 is 7.69. The first-order valence-electron chi connectivity index (χ1n) is 6.01. The summed E-state index contributed by atoms with van der Waals surface area (Å²) in [5, 5.41) is 9.61. The standard InChI is InChI=1S/C14H12ClN3OS/c1-9-16-12-4-2-3-5-13(12)18(9)20-14-8-10(17-19)6-7-11(14)15/h2-8,17,19H,1H3. The van der Waals surface area contributed by atoms with Gasteiger partial charge in [0, 0.05) is 4.90 Å². The SMILES string of the molecule is Cc1nc2ccccc2n1Sc1cc(NO)ccc1Cl. The number of para-hydroxylation sites is 2. The van der Waals surface area contributed by atoms with E-state index in [4.69, 9.17) is 16.8 Å². The van der Waals surface area contributed by atoms with Crippen LogP contribution in [0.1, 0.15) is 5.82 Å². The van der Waals surface area contributed by atoms with Gasteiger partial charge in [0.15, 0.2) is 0 Å². The number of aromatic nitrogens is 2. The lowest BCUT2D eigenvalue weighted by Gasteiger charge is -2.09. The third kappa shape index (κ3) is 2.35. The Morgan fingerprint density at radius 1 is 1.25 bits per heavy atom. The van der Waals surface area contributed by atoms with Crippen LogP contribution in [0.3, 0.4) is 0 Å². The maximum atomic E-state index is 8.98. The fraction of sp³-hybridized carbons (Fsp3) is 0.0714. The van der Waals surface area contributed by atoms with Crippen LogP contribution in [0.2, 0.25) is 5.02 Å². The second-order valence-electron chi connectivity index (χ2n) is 4.29. The minimum atomic E-state index is 0.596. The molecule has 20 heavy (non-hydrogen) atoms. The molecule has 0 fully saturated rings. The summed E-state index contributed by atoms with van der Waals surface area (Å²) in [7, 11) is 0. The summed E-state index contributed by atoms with van der Waals surface area (Å²) in [6.45, 7) is 1.95. The molecule has 0 saturated heterocycles. The molecule has 0 saturated carbocycles. The van der Waals surface area contributed by atoms with E-state index in [1.165, 1.54) is 11.9 Å². The molecule has 0 atom stereocenters. The number of rotatable bonds is 3. The number of aryl methyl sites for hydroxylation is 1. The Balaban J connectivity index is 2.07. The highest BCUT2D eigenvalue weighted by molar-refractivity contribution is 7.98. The molecule has 1 aromatic heterocycles. The summed E-state index contributed by atoms with van der Waals surface area (Å²) in [6, 6.07) is 13.2. The average Bonchev–Trinajstić information content (AvgIpc) is 2.77. The Bertz CT molecular complexity index is 772. The van der Waals surface area contributed by atoms with Crippen molar-refractivity contribution in [1.29, 1.82) is 0 Å². The van der Waals surface area contributed by atoms with Gasteiger partial charge in [-0.1, -0.05) is 23.7 Å². The summed E-state index contributed by atoms with van der Waals surface area (Å²) in [5.74, 6) is 0.898. The molecule has 4 nitrogen and oxygen atoms in total. The fourth-order valence-electron chi connectivity index (χ4n) is 1.98. The third-order valence-electron chi connectivity index (χ3n) is 2.93. The van der Waals surface area contributed by atoms with E-state index in [0.717, 1.165) is 21.8 Å². The molecule has 0 unspecified atom stereocenters. The molecular formula is C14H12ClN3OS. The van der Waals surface area contributed by atoms with E-state index in [0.29, 0.717) is 10.7 Å². The number of nitrogens with one attached hydrogen (secondary N) is 1. The Hall–Kier alpha value is -1.69. The van der Waals surface area contributed by atoms with Crippen molar-refractivity contribution in [1.82, 2.24) is 8.96 Å². The van der Waals surface area contributed by atoms with Gasteiger partial charge in [0.05, 0.1) is 21.7 Å². The number of anilines is 1. The predicted molar refractivity (Wildman–Crippen MR) is 82.6 cm³/mol. The predicted octanol–water partition coefficient (Wildman–Crippen LogP) is 4.35. The number of imidazole rings is 1. The number of hydrogen-bond donors (Lipinski definition) is 2. The van der Waals surface area contributed by atoms with Crippen molar-refractivity contribution in [3.8, 4) is 0 Å². The van der Waals surface area contributed by atoms with Crippen molar-refractivity contribution in [3.05, 3.63) is 53.3 Å². The highest BCUT2D eigenvalue weighted by Crippen LogP contribution is 2.33. The summed E-state index contributed by atoms with van der Waals surface area (Å²) in [6.07, 6.45) is 0. The smallest absolute Gasteiger partial charge is 0.117 e. The molecule has 0 aliphatic carbocycles. The fourth-order valence-corrected chi connectivity index (χ4v) is 3.16. The van der Waals surface area contributed by atoms with Crippen LogP contribution in [-0.4, -0.2) is 14.2 Å². The number of benzene rings is 2. The van der Waals surface area contributed by atoms with Gasteiger partial charge in [-0.25, -0.2) is 4.98 Å². The zero-order valence-electron chi connectivity index (χ0n) is 10.7. The third-order valence-corrected chi connectivity index (χ3v) is 4.55. The Labute approximate surface area is 125 Å². The zero-order valence-corrected chi connectivity index (χ0v) is 12.2. The van der Waals surface area contributed by atoms with E-state index in [9.17, 15) is 0 Å². The van der Waals surface area contributed by atoms with Crippen molar-refractivity contribution in [3.63, 3.8) is 0 Å². The van der Waals surface area contributed by atoms with E-state index in [2.05, 4.69) is 10.5 Å². The molecule has 0 aliphatic rings. The minimum absolute atomic E-state index is 0.596. The van der Waals surface area contributed by atoms with Crippen molar-refractivity contribution >= 4 is 40.3 Å². The minimum Gasteiger partial charge on any atom is -0.291 e. The molecule has 2 N–H and O–H groups in total. The molecule has 0 aliphatic heterocycles. The number of halogens is 1. The highest BCUT2D eigenvalue weighted by Gasteiger charge is 2.10. The van der Waals surface area contributed by atoms with Gasteiger partial charge in [0.1, 0.15) is 5.82 Å². The van der Waals surface area contributed by atoms with Crippen molar-refractivity contribution in [2.45, 2.75) is 11.8 Å². The van der Waals surface area contributed by atoms with Gasteiger partial charge in [-0.05, 0) is 49.2 Å². The quantitative estimate of drug-likeness (QED) is 0.706. The van der Waals surface area contributed by atoms with Gasteiger partial charge in [0.2, 0.25) is 0 Å². The van der Waals surface area contributed by atoms with Crippen LogP contribution in [-0.2, 0) is 0 Å². The molecule has 3 rings (SSSR count). The van der Waals surface area contributed by atoms with E-state index in [1.54, 1.807) is 18.2 Å². The summed E-state index contributed by atoms with van der Waals surface area (Å²) < 4.78 is 2.03. The van der Waals surface area contributed by atoms with Gasteiger partial charge in [-0.15, -0.1) is 0 Å². The monoisotopic (exact) mass is 305 g/mol. The molecule has 3 aromatic rings. The lowest BCUT2D eigenvalue weighted by Crippen LogP contribution is -1.93. The van der Waals surface area contributed by atoms with Gasteiger partial charge in [0.25, 0.3) is 0 Å². The van der Waals surface area contributed by atoms with E-state index in [1.807, 2.05) is 35.2 Å². The first-order valence-corrected chi connectivity index (χ1v) is 7.16. The summed E-state index contributed by atoms with van der Waals surface area (Å²) in [5.41, 5.74) is 4.71. The van der Waals surface area contributed by atoms with Crippen molar-refractivity contribution in [2.24, 2.45) is 0 Å². The van der Waals surface area contributed by atoms with Crippen LogP contribution in [0.25, 0.3) is 11.0 Å². The molecule has 0 spiro atoms. The van der Waals surface area contributed by atoms with Gasteiger partial charge in [-0.2, -0.15) is 0 Å². The first kappa shape index (κ1) is 13.3. The van der Waals surface area contributed by atoms with Crippen LogP contribution >= 0.6 is 23.5 Å². The van der Waals surface area contributed by atoms with Crippen LogP contribution in [0, 0.1) is 6.92 Å². The van der Waals surface area contributed by atoms with Gasteiger partial charge < -0.3 is 0 Å². The molecule has 6 heteroatoms. The number of hydrogen-bond acceptors (Lipinski definition) is 4. The second-order valence-corrected chi connectivity index (χ2v) is 5.69. The normalized spacial score (nSPS) is 10.9. The molecule has 0 bridgehead atoms. The second kappa shape index (κ2) is 5.36. The van der Waals surface area contributed by atoms with Crippen molar-refractivity contribution in [2.75, 3.05) is 5.48 Å². The highest BCUT2D eigenvalue weighted by atomic mass is 35.5. The maximum absolute atomic E-state index is 8.98. The lowest BCUT2D eigenvalue weighted by atomic mass is 10.3. The molecule has 0 radical (unpaired) electrons. The van der Waals surface area contributed by atoms with Crippen LogP contribution < -0.4 is 5.48 Å². The van der Waals surface area contributed by atoms with Crippen molar-refractivity contribution < 1.29 is 5.21 Å². The lowest BCUT2D eigenvalue weighted by molar-refractivity contribution is 0.389. The Morgan fingerprint density at radius 3 is 2.85 bits per heavy atom. The molecule has 0 amide bonds. The van der Waals surface area contributed by atoms with E-state index < -0.39 is 0 Å². The Morgan fingerprint density at radius 2 is 2.05 bits per heavy atom. The van der Waals surface area contributed by atoms with Crippen LogP contribution in [0.4, 0.5) is 5.69 Å². The van der Waals surface area contributed by atoms with E-state index in [-0.39, 0.29) is 0 Å².